The quantitative estimate of drug-likeness (QED) is 0.252. The summed E-state index contributed by atoms with van der Waals surface area (Å²) < 4.78 is 33.2. The first-order chi connectivity index (χ1) is 17.5. The van der Waals surface area contributed by atoms with Crippen LogP contribution in [0.25, 0.3) is 0 Å². The Hall–Kier alpha value is -1.89. The molecule has 0 atom stereocenters. The molecule has 0 N–H and O–H groups in total. The lowest BCUT2D eigenvalue weighted by atomic mass is 10.0. The van der Waals surface area contributed by atoms with Crippen molar-refractivity contribution in [3.05, 3.63) is 97.0 Å². The molecule has 3 nitrogen and oxygen atoms in total. The summed E-state index contributed by atoms with van der Waals surface area (Å²) in [5.74, 6) is -0.154. The normalized spacial score (nSPS) is 14.6. The number of halogens is 7. The minimum atomic E-state index is -0.813. The van der Waals surface area contributed by atoms with Gasteiger partial charge in [0.15, 0.2) is 5.82 Å². The summed E-state index contributed by atoms with van der Waals surface area (Å²) in [5, 5.41) is -0.641. The molecule has 194 valence electrons. The fourth-order valence-corrected chi connectivity index (χ4v) is 5.00. The molecule has 2 aliphatic rings. The first-order valence-corrected chi connectivity index (χ1v) is 13.2. The van der Waals surface area contributed by atoms with Gasteiger partial charge >= 0.3 is 0 Å². The van der Waals surface area contributed by atoms with E-state index in [1.165, 1.54) is 18.2 Å². The monoisotopic (exact) mass is 604 g/mol. The van der Waals surface area contributed by atoms with Crippen LogP contribution < -0.4 is 4.74 Å². The van der Waals surface area contributed by atoms with Gasteiger partial charge in [0.05, 0.1) is 16.1 Å². The summed E-state index contributed by atoms with van der Waals surface area (Å²) in [6, 6.07) is 10.8. The van der Waals surface area contributed by atoms with Gasteiger partial charge in [0.2, 0.25) is 0 Å². The van der Waals surface area contributed by atoms with E-state index in [-0.39, 0.29) is 22.8 Å². The predicted octanol–water partition coefficient (Wildman–Crippen LogP) is 9.70. The van der Waals surface area contributed by atoms with Crippen molar-refractivity contribution < 1.29 is 23.1 Å². The van der Waals surface area contributed by atoms with Gasteiger partial charge in [-0.05, 0) is 114 Å². The summed E-state index contributed by atoms with van der Waals surface area (Å²) in [6.07, 6.45) is 4.09. The summed E-state index contributed by atoms with van der Waals surface area (Å²) in [7, 11) is 0. The molecule has 0 heterocycles. The Morgan fingerprint density at radius 3 is 1.89 bits per heavy atom. The molecule has 0 radical (unpaired) electrons. The molecule has 3 aromatic rings. The van der Waals surface area contributed by atoms with Gasteiger partial charge in [-0.25, -0.2) is 8.78 Å². The Morgan fingerprint density at radius 1 is 0.784 bits per heavy atom. The van der Waals surface area contributed by atoms with Gasteiger partial charge in [-0.3, -0.25) is 9.59 Å². The summed E-state index contributed by atoms with van der Waals surface area (Å²) in [4.78, 5) is 22.1. The van der Waals surface area contributed by atoms with Crippen LogP contribution in [0.2, 0.25) is 15.1 Å². The maximum atomic E-state index is 14.0. The maximum absolute atomic E-state index is 14.0. The van der Waals surface area contributed by atoms with E-state index in [4.69, 9.17) is 62.7 Å². The lowest BCUT2D eigenvalue weighted by Crippen LogP contribution is -2.04. The number of hydrogen-bond donors (Lipinski definition) is 0. The zero-order valence-corrected chi connectivity index (χ0v) is 22.9. The van der Waals surface area contributed by atoms with Crippen molar-refractivity contribution in [1.82, 2.24) is 0 Å². The predicted molar refractivity (Wildman–Crippen MR) is 143 cm³/mol. The first-order valence-electron chi connectivity index (χ1n) is 11.3. The number of carbonyl (C=O) groups is 2. The van der Waals surface area contributed by atoms with E-state index in [9.17, 15) is 18.4 Å². The largest absolute Gasteiger partial charge is 0.489 e. The van der Waals surface area contributed by atoms with Crippen molar-refractivity contribution in [2.45, 2.75) is 44.1 Å². The average molecular weight is 607 g/mol. The second-order valence-corrected chi connectivity index (χ2v) is 10.8. The van der Waals surface area contributed by atoms with Crippen LogP contribution in [0, 0.1) is 11.6 Å². The van der Waals surface area contributed by atoms with E-state index < -0.39 is 22.1 Å². The van der Waals surface area contributed by atoms with Crippen LogP contribution in [0.1, 0.15) is 74.9 Å². The molecule has 0 spiro atoms. The molecule has 2 saturated carbocycles. The van der Waals surface area contributed by atoms with Crippen molar-refractivity contribution >= 4 is 68.5 Å². The summed E-state index contributed by atoms with van der Waals surface area (Å²) in [5.41, 5.74) is 2.14. The highest BCUT2D eigenvalue weighted by Crippen LogP contribution is 2.44. The van der Waals surface area contributed by atoms with Crippen LogP contribution in [0.3, 0.4) is 0 Å². The fraction of sp³-hybridized carbons (Fsp3) is 0.259. The Morgan fingerprint density at radius 2 is 1.35 bits per heavy atom. The van der Waals surface area contributed by atoms with E-state index >= 15 is 0 Å². The van der Waals surface area contributed by atoms with Crippen molar-refractivity contribution in [3.8, 4) is 5.75 Å². The van der Waals surface area contributed by atoms with E-state index in [0.717, 1.165) is 36.8 Å². The van der Waals surface area contributed by atoms with Crippen molar-refractivity contribution in [1.29, 1.82) is 0 Å². The molecular formula is C27H19Cl5F2O3. The Balaban J connectivity index is 0.000000195. The van der Waals surface area contributed by atoms with Crippen LogP contribution in [0.5, 0.6) is 5.75 Å². The molecule has 0 aliphatic heterocycles. The van der Waals surface area contributed by atoms with Gasteiger partial charge in [0.1, 0.15) is 18.2 Å². The highest BCUT2D eigenvalue weighted by atomic mass is 35.5. The molecular weight excluding hydrogens is 588 g/mol. The summed E-state index contributed by atoms with van der Waals surface area (Å²) >= 11 is 28.3. The van der Waals surface area contributed by atoms with Gasteiger partial charge in [-0.1, -0.05) is 40.9 Å². The van der Waals surface area contributed by atoms with E-state index in [1.54, 1.807) is 24.3 Å². The van der Waals surface area contributed by atoms with Gasteiger partial charge in [-0.15, -0.1) is 0 Å². The highest BCUT2D eigenvalue weighted by molar-refractivity contribution is 6.68. The number of rotatable bonds is 7. The van der Waals surface area contributed by atoms with Crippen LogP contribution in [0.4, 0.5) is 8.78 Å². The lowest BCUT2D eigenvalue weighted by Gasteiger charge is -2.13. The minimum absolute atomic E-state index is 0.0407. The van der Waals surface area contributed by atoms with E-state index in [2.05, 4.69) is 0 Å². The number of hydrogen-bond acceptors (Lipinski definition) is 3. The first kappa shape index (κ1) is 28.1. The van der Waals surface area contributed by atoms with Crippen LogP contribution in [-0.2, 0) is 6.61 Å². The molecule has 0 unspecified atom stereocenters. The Labute approximate surface area is 237 Å². The molecule has 5 rings (SSSR count). The zero-order chi connectivity index (χ0) is 26.9. The average Bonchev–Trinajstić information content (AvgIpc) is 3.73. The molecule has 2 fully saturated rings. The number of carbonyl (C=O) groups excluding carboxylic acids is 2. The minimum Gasteiger partial charge on any atom is -0.489 e. The number of benzene rings is 3. The van der Waals surface area contributed by atoms with Gasteiger partial charge < -0.3 is 4.74 Å². The molecule has 0 bridgehead atoms. The van der Waals surface area contributed by atoms with Gasteiger partial charge in [-0.2, -0.15) is 0 Å². The second-order valence-electron chi connectivity index (χ2n) is 8.85. The molecule has 3 aromatic carbocycles. The molecule has 0 amide bonds. The Kier molecular flexibility index (Phi) is 9.03. The van der Waals surface area contributed by atoms with Crippen LogP contribution >= 0.6 is 58.0 Å². The third-order valence-corrected chi connectivity index (χ3v) is 7.26. The third kappa shape index (κ3) is 7.15. The van der Waals surface area contributed by atoms with Crippen LogP contribution in [-0.4, -0.2) is 10.5 Å². The zero-order valence-electron chi connectivity index (χ0n) is 19.1. The maximum Gasteiger partial charge on any atom is 0.255 e. The smallest absolute Gasteiger partial charge is 0.255 e. The molecule has 2 aliphatic carbocycles. The topological polar surface area (TPSA) is 43.4 Å². The van der Waals surface area contributed by atoms with Crippen LogP contribution in [0.15, 0.2) is 42.5 Å². The lowest BCUT2D eigenvalue weighted by molar-refractivity contribution is 0.106. The number of ether oxygens (including phenoxy) is 1. The molecule has 0 aromatic heterocycles. The molecule has 10 heteroatoms. The standard InChI is InChI=1S/C17H12Cl3FO2.C10H7Cl2FO/c18-11-4-12(19)6-13(5-11)23-8-10-3-16(21)15(17(20)22)7-14(10)9-1-2-9;11-8-6(5-1-2-5)3-4-7(9(8)13)10(12)14/h3-7,9H,1-2,8H2;3-5H,1-2H2. The van der Waals surface area contributed by atoms with Crippen molar-refractivity contribution in [2.75, 3.05) is 0 Å². The van der Waals surface area contributed by atoms with Gasteiger partial charge in [0, 0.05) is 10.0 Å². The Bertz CT molecular complexity index is 1350. The van der Waals surface area contributed by atoms with Crippen molar-refractivity contribution in [3.63, 3.8) is 0 Å². The summed E-state index contributed by atoms with van der Waals surface area (Å²) in [6.45, 7) is 0.163. The highest BCUT2D eigenvalue weighted by Gasteiger charge is 2.29. The molecule has 0 saturated heterocycles. The SMILES string of the molecule is O=C(Cl)c1cc(C2CC2)c(COc2cc(Cl)cc(Cl)c2)cc1F.O=C(Cl)c1ccc(C2CC2)c(Cl)c1F. The van der Waals surface area contributed by atoms with Gasteiger partial charge in [0.25, 0.3) is 10.5 Å². The second kappa shape index (κ2) is 11.9. The molecule has 37 heavy (non-hydrogen) atoms. The van der Waals surface area contributed by atoms with Crippen molar-refractivity contribution in [2.24, 2.45) is 0 Å². The fourth-order valence-electron chi connectivity index (χ4n) is 3.88. The van der Waals surface area contributed by atoms with E-state index in [0.29, 0.717) is 33.2 Å². The van der Waals surface area contributed by atoms with E-state index in [1.807, 2.05) is 0 Å². The third-order valence-electron chi connectivity index (χ3n) is 6.03.